The molecular formula is C21H42NO9P. The first-order valence-corrected chi connectivity index (χ1v) is 12.0. The first-order valence-electron chi connectivity index (χ1n) is 12.4. The molecule has 0 bridgehead atoms. The molecular weight excluding hydrogens is 441 g/mol. The van der Waals surface area contributed by atoms with Crippen LogP contribution in [-0.4, -0.2) is 106 Å². The summed E-state index contributed by atoms with van der Waals surface area (Å²) < 4.78 is 54.4. The van der Waals surface area contributed by atoms with E-state index in [1.807, 2.05) is 6.07 Å². The Hall–Kier alpha value is -0.440. The summed E-state index contributed by atoms with van der Waals surface area (Å²) in [6, 6.07) is 2.01. The fraction of sp³-hybridized carbons (Fsp3) is 0.952. The maximum atomic E-state index is 8.45. The van der Waals surface area contributed by atoms with Gasteiger partial charge in [-0.05, 0) is 32.1 Å². The second kappa shape index (κ2) is 25.2. The van der Waals surface area contributed by atoms with Crippen LogP contribution in [-0.2, 0) is 28.0 Å². The minimum Gasteiger partial charge on any atom is -0.396 e. The van der Waals surface area contributed by atoms with Crippen LogP contribution in [0.3, 0.4) is 0 Å². The normalized spacial score (nSPS) is 13.3. The van der Waals surface area contributed by atoms with E-state index in [0.29, 0.717) is 112 Å². The van der Waals surface area contributed by atoms with Crippen molar-refractivity contribution in [1.29, 1.82) is 9.56 Å². The lowest BCUT2D eigenvalue weighted by molar-refractivity contribution is -0.109. The molecule has 0 saturated heterocycles. The molecule has 32 heavy (non-hydrogen) atoms. The van der Waals surface area contributed by atoms with E-state index < -0.39 is 5.41 Å². The third-order valence-electron chi connectivity index (χ3n) is 4.15. The molecule has 1 atom stereocenters. The van der Waals surface area contributed by atoms with E-state index in [2.05, 4.69) is 15.3 Å². The number of aliphatic hydroxyl groups excluding tert-OH is 3. The summed E-state index contributed by atoms with van der Waals surface area (Å²) >= 11 is 0. The van der Waals surface area contributed by atoms with E-state index in [0.717, 1.165) is 12.8 Å². The van der Waals surface area contributed by atoms with Gasteiger partial charge in [0.05, 0.1) is 57.5 Å². The summed E-state index contributed by atoms with van der Waals surface area (Å²) in [5.41, 5.74) is -0.544. The fourth-order valence-electron chi connectivity index (χ4n) is 2.49. The molecule has 0 saturated carbocycles. The van der Waals surface area contributed by atoms with Crippen molar-refractivity contribution in [2.75, 3.05) is 85.9 Å². The van der Waals surface area contributed by atoms with Crippen molar-refractivity contribution in [3.63, 3.8) is 0 Å². The average molecular weight is 487 g/mol. The molecule has 10 nitrogen and oxygen atoms in total. The summed E-state index contributed by atoms with van der Waals surface area (Å²) in [5.74, 6) is 0. The van der Waals surface area contributed by atoms with Crippen molar-refractivity contribution in [3.8, 4) is 6.07 Å². The summed E-state index contributed by atoms with van der Waals surface area (Å²) in [5, 5.41) is 21.5. The van der Waals surface area contributed by atoms with Gasteiger partial charge in [-0.25, -0.2) is 0 Å². The lowest BCUT2D eigenvalue weighted by Crippen LogP contribution is -2.42. The molecule has 0 radical (unpaired) electrons. The molecule has 11 heteroatoms. The summed E-state index contributed by atoms with van der Waals surface area (Å²) in [4.78, 5) is 0. The van der Waals surface area contributed by atoms with Crippen molar-refractivity contribution in [1.82, 2.24) is 0 Å². The van der Waals surface area contributed by atoms with Crippen molar-refractivity contribution in [2.45, 2.75) is 38.5 Å². The van der Waals surface area contributed by atoms with Gasteiger partial charge >= 0.3 is 0 Å². The predicted molar refractivity (Wildman–Crippen MR) is 121 cm³/mol. The minimum atomic E-state index is -0.544. The van der Waals surface area contributed by atoms with Crippen molar-refractivity contribution >= 4 is 9.03 Å². The zero-order chi connectivity index (χ0) is 25.7. The van der Waals surface area contributed by atoms with Crippen LogP contribution in [0.4, 0.5) is 0 Å². The van der Waals surface area contributed by atoms with Crippen molar-refractivity contribution < 1.29 is 43.3 Å². The molecule has 0 heterocycles. The standard InChI is InChI=1S/C21H42NO9P/c22-7-3-16-31-32-30-15-2-1-11-26-17-21(18-27-12-4-8-23,19-28-13-5-9-24)20-29-14-6-10-25/h23-25,32H,1-6,8-20H2/i23D,24D,25D. The molecule has 190 valence electrons. The predicted octanol–water partition coefficient (Wildman–Crippen LogP) is 1.42. The van der Waals surface area contributed by atoms with Gasteiger partial charge in [0.15, 0.2) is 9.03 Å². The van der Waals surface area contributed by atoms with Crippen LogP contribution in [0.2, 0.25) is 0 Å². The lowest BCUT2D eigenvalue weighted by Gasteiger charge is -2.33. The number of hydrogen-bond donors (Lipinski definition) is 3. The summed E-state index contributed by atoms with van der Waals surface area (Å²) in [7, 11) is -0.0605. The Morgan fingerprint density at radius 2 is 1.09 bits per heavy atom. The van der Waals surface area contributed by atoms with Crippen LogP contribution in [0.5, 0.6) is 0 Å². The number of unbranched alkanes of at least 4 members (excludes halogenated alkanes) is 1. The SMILES string of the molecule is [2H]OCCCOCC(COCCCCOPOCCC#N)(COCCCO[2H])COCCCO[2H]. The van der Waals surface area contributed by atoms with Gasteiger partial charge in [0.25, 0.3) is 0 Å². The highest BCUT2D eigenvalue weighted by molar-refractivity contribution is 7.26. The Morgan fingerprint density at radius 1 is 0.656 bits per heavy atom. The van der Waals surface area contributed by atoms with Crippen LogP contribution in [0, 0.1) is 16.7 Å². The first kappa shape index (κ1) is 26.2. The maximum absolute atomic E-state index is 8.45. The first-order chi connectivity index (χ1) is 17.2. The summed E-state index contributed by atoms with van der Waals surface area (Å²) in [6.45, 7) is 5.09. The highest BCUT2D eigenvalue weighted by Crippen LogP contribution is 2.22. The van der Waals surface area contributed by atoms with Gasteiger partial charge < -0.3 is 43.3 Å². The molecule has 0 aliphatic carbocycles. The van der Waals surface area contributed by atoms with E-state index in [-0.39, 0.29) is 9.03 Å². The van der Waals surface area contributed by atoms with Gasteiger partial charge in [-0.15, -0.1) is 0 Å². The Morgan fingerprint density at radius 3 is 1.56 bits per heavy atom. The maximum Gasteiger partial charge on any atom is 0.210 e. The van der Waals surface area contributed by atoms with Crippen LogP contribution in [0.15, 0.2) is 0 Å². The average Bonchev–Trinajstić information content (AvgIpc) is 2.87. The van der Waals surface area contributed by atoms with E-state index in [9.17, 15) is 0 Å². The minimum absolute atomic E-state index is 0.0605. The molecule has 0 rings (SSSR count). The van der Waals surface area contributed by atoms with Crippen LogP contribution >= 0.6 is 9.03 Å². The zero-order valence-corrected chi connectivity index (χ0v) is 20.1. The number of ether oxygens (including phenoxy) is 4. The molecule has 0 aromatic heterocycles. The Labute approximate surface area is 198 Å². The molecule has 0 aromatic carbocycles. The third-order valence-corrected chi connectivity index (χ3v) is 4.79. The molecule has 0 aliphatic heterocycles. The highest BCUT2D eigenvalue weighted by Gasteiger charge is 2.32. The topological polar surface area (TPSA) is 140 Å². The van der Waals surface area contributed by atoms with E-state index in [4.69, 9.17) is 37.6 Å². The Kier molecular flexibility index (Phi) is 20.6. The van der Waals surface area contributed by atoms with Gasteiger partial charge in [0.2, 0.25) is 4.29 Å². The smallest absolute Gasteiger partial charge is 0.210 e. The number of rotatable bonds is 29. The van der Waals surface area contributed by atoms with Gasteiger partial charge in [0, 0.05) is 46.2 Å². The number of nitriles is 1. The third kappa shape index (κ3) is 20.2. The molecule has 0 aliphatic rings. The molecule has 0 aromatic rings. The quantitative estimate of drug-likeness (QED) is 0.105. The van der Waals surface area contributed by atoms with Gasteiger partial charge in [-0.2, -0.15) is 5.26 Å². The molecule has 0 amide bonds. The number of aliphatic hydroxyl groups is 3. The zero-order valence-electron chi connectivity index (χ0n) is 22.1. The molecule has 0 spiro atoms. The summed E-state index contributed by atoms with van der Waals surface area (Å²) in [6.07, 6.45) is 3.79. The van der Waals surface area contributed by atoms with Crippen molar-refractivity contribution in [2.24, 2.45) is 5.41 Å². The molecule has 1 unspecified atom stereocenters. The monoisotopic (exact) mass is 486 g/mol. The van der Waals surface area contributed by atoms with E-state index in [1.54, 1.807) is 0 Å². The second-order valence-corrected chi connectivity index (χ2v) is 8.02. The number of nitrogens with zero attached hydrogens (tertiary/aromatic N) is 1. The van der Waals surface area contributed by atoms with Crippen molar-refractivity contribution in [3.05, 3.63) is 0 Å². The van der Waals surface area contributed by atoms with Gasteiger partial charge in [-0.3, -0.25) is 0 Å². The Balaban J connectivity index is 4.56. The molecule has 0 fully saturated rings. The highest BCUT2D eigenvalue weighted by atomic mass is 31.1. The van der Waals surface area contributed by atoms with E-state index in [1.165, 1.54) is 0 Å². The number of hydrogen-bond acceptors (Lipinski definition) is 10. The largest absolute Gasteiger partial charge is 0.396 e. The van der Waals surface area contributed by atoms with Gasteiger partial charge in [0.1, 0.15) is 0 Å². The van der Waals surface area contributed by atoms with Crippen LogP contribution < -0.4 is 0 Å². The van der Waals surface area contributed by atoms with Crippen LogP contribution in [0.25, 0.3) is 0 Å². The van der Waals surface area contributed by atoms with Crippen LogP contribution in [0.1, 0.15) is 38.5 Å². The van der Waals surface area contributed by atoms with E-state index >= 15 is 0 Å². The second-order valence-electron chi connectivity index (χ2n) is 7.28. The Bertz CT molecular complexity index is 446. The lowest BCUT2D eigenvalue weighted by atomic mass is 9.92. The van der Waals surface area contributed by atoms with Gasteiger partial charge in [-0.1, -0.05) is 0 Å². The fourth-order valence-corrected chi connectivity index (χ4v) is 2.98. The molecule has 3 N–H and O–H groups in total.